The molecule has 0 aliphatic carbocycles. The first kappa shape index (κ1) is 19.8. The minimum Gasteiger partial charge on any atom is -0.480 e. The standard InChI is InChI=1S/C19H27N3O4/c1-3-13(2)16(18(24)25)21-17(23)14-8-7-11-22(12-14)19(26)20-15-9-5-4-6-10-15/h4-6,9-10,13-14,16H,3,7-8,11-12H2,1-2H3,(H,20,26)(H,21,23)(H,24,25). The number of nitrogens with zero attached hydrogens (tertiary/aromatic N) is 1. The summed E-state index contributed by atoms with van der Waals surface area (Å²) in [7, 11) is 0. The van der Waals surface area contributed by atoms with Crippen LogP contribution in [-0.4, -0.2) is 47.0 Å². The second kappa shape index (κ2) is 9.22. The van der Waals surface area contributed by atoms with Gasteiger partial charge in [-0.15, -0.1) is 0 Å². The molecule has 1 heterocycles. The van der Waals surface area contributed by atoms with E-state index in [0.717, 1.165) is 0 Å². The zero-order valence-corrected chi connectivity index (χ0v) is 15.3. The van der Waals surface area contributed by atoms with Gasteiger partial charge >= 0.3 is 12.0 Å². The third-order valence-electron chi connectivity index (χ3n) is 4.88. The van der Waals surface area contributed by atoms with Gasteiger partial charge in [0.25, 0.3) is 0 Å². The molecule has 7 heteroatoms. The van der Waals surface area contributed by atoms with Crippen LogP contribution < -0.4 is 10.6 Å². The summed E-state index contributed by atoms with van der Waals surface area (Å²) in [5, 5.41) is 14.8. The molecular weight excluding hydrogens is 334 g/mol. The van der Waals surface area contributed by atoms with Crippen LogP contribution in [0, 0.1) is 11.8 Å². The lowest BCUT2D eigenvalue weighted by Gasteiger charge is -2.33. The van der Waals surface area contributed by atoms with Gasteiger partial charge in [-0.25, -0.2) is 9.59 Å². The van der Waals surface area contributed by atoms with Crippen LogP contribution in [0.1, 0.15) is 33.1 Å². The smallest absolute Gasteiger partial charge is 0.326 e. The summed E-state index contributed by atoms with van der Waals surface area (Å²) < 4.78 is 0. The van der Waals surface area contributed by atoms with Crippen LogP contribution in [0.3, 0.4) is 0 Å². The predicted molar refractivity (Wildman–Crippen MR) is 98.8 cm³/mol. The van der Waals surface area contributed by atoms with Crippen molar-refractivity contribution in [2.45, 2.75) is 39.2 Å². The number of carboxylic acid groups (broad SMARTS) is 1. The number of carbonyl (C=O) groups excluding carboxylic acids is 2. The third kappa shape index (κ3) is 5.21. The number of piperidine rings is 1. The second-order valence-electron chi connectivity index (χ2n) is 6.79. The van der Waals surface area contributed by atoms with E-state index in [4.69, 9.17) is 0 Å². The van der Waals surface area contributed by atoms with Crippen molar-refractivity contribution in [2.75, 3.05) is 18.4 Å². The quantitative estimate of drug-likeness (QED) is 0.725. The van der Waals surface area contributed by atoms with Crippen LogP contribution in [-0.2, 0) is 9.59 Å². The predicted octanol–water partition coefficient (Wildman–Crippen LogP) is 2.55. The molecule has 142 valence electrons. The molecule has 26 heavy (non-hydrogen) atoms. The third-order valence-corrected chi connectivity index (χ3v) is 4.88. The maximum Gasteiger partial charge on any atom is 0.326 e. The van der Waals surface area contributed by atoms with E-state index in [0.29, 0.717) is 31.5 Å². The number of hydrogen-bond acceptors (Lipinski definition) is 3. The molecule has 0 bridgehead atoms. The Morgan fingerprint density at radius 2 is 1.96 bits per heavy atom. The fourth-order valence-corrected chi connectivity index (χ4v) is 3.05. The van der Waals surface area contributed by atoms with E-state index < -0.39 is 17.9 Å². The van der Waals surface area contributed by atoms with Crippen molar-refractivity contribution in [3.8, 4) is 0 Å². The van der Waals surface area contributed by atoms with E-state index in [9.17, 15) is 19.5 Å². The highest BCUT2D eigenvalue weighted by Gasteiger charge is 2.32. The van der Waals surface area contributed by atoms with Crippen molar-refractivity contribution in [1.29, 1.82) is 0 Å². The first-order valence-electron chi connectivity index (χ1n) is 9.06. The molecule has 1 aliphatic heterocycles. The Morgan fingerprint density at radius 1 is 1.27 bits per heavy atom. The van der Waals surface area contributed by atoms with Gasteiger partial charge in [0.05, 0.1) is 5.92 Å². The van der Waals surface area contributed by atoms with Crippen molar-refractivity contribution in [3.63, 3.8) is 0 Å². The Morgan fingerprint density at radius 3 is 2.58 bits per heavy atom. The number of urea groups is 1. The van der Waals surface area contributed by atoms with E-state index in [1.165, 1.54) is 0 Å². The molecule has 1 aromatic carbocycles. The SMILES string of the molecule is CCC(C)C(NC(=O)C1CCCN(C(=O)Nc2ccccc2)C1)C(=O)O. The number of nitrogens with one attached hydrogen (secondary N) is 2. The maximum absolute atomic E-state index is 12.5. The number of amides is 3. The fourth-order valence-electron chi connectivity index (χ4n) is 3.05. The normalized spacial score (nSPS) is 19.3. The van der Waals surface area contributed by atoms with Crippen molar-refractivity contribution in [2.24, 2.45) is 11.8 Å². The average Bonchev–Trinajstić information content (AvgIpc) is 2.66. The number of hydrogen-bond donors (Lipinski definition) is 3. The van der Waals surface area contributed by atoms with Gasteiger partial charge in [-0.3, -0.25) is 4.79 Å². The molecule has 3 N–H and O–H groups in total. The summed E-state index contributed by atoms with van der Waals surface area (Å²) in [4.78, 5) is 38.0. The first-order chi connectivity index (χ1) is 12.4. The van der Waals surface area contributed by atoms with Gasteiger partial charge in [0, 0.05) is 18.8 Å². The van der Waals surface area contributed by atoms with Crippen molar-refractivity contribution in [3.05, 3.63) is 30.3 Å². The van der Waals surface area contributed by atoms with Crippen LogP contribution in [0.15, 0.2) is 30.3 Å². The summed E-state index contributed by atoms with van der Waals surface area (Å²) in [6.45, 7) is 4.57. The van der Waals surface area contributed by atoms with Crippen LogP contribution in [0.25, 0.3) is 0 Å². The van der Waals surface area contributed by atoms with Gasteiger partial charge in [-0.2, -0.15) is 0 Å². The lowest BCUT2D eigenvalue weighted by atomic mass is 9.94. The minimum absolute atomic E-state index is 0.155. The lowest BCUT2D eigenvalue weighted by molar-refractivity contribution is -0.144. The van der Waals surface area contributed by atoms with Gasteiger partial charge in [-0.05, 0) is 30.9 Å². The Labute approximate surface area is 153 Å². The summed E-state index contributed by atoms with van der Waals surface area (Å²) >= 11 is 0. The number of aliphatic carboxylic acids is 1. The highest BCUT2D eigenvalue weighted by molar-refractivity contribution is 5.90. The largest absolute Gasteiger partial charge is 0.480 e. The van der Waals surface area contributed by atoms with E-state index in [-0.39, 0.29) is 24.4 Å². The maximum atomic E-state index is 12.5. The lowest BCUT2D eigenvalue weighted by Crippen LogP contribution is -2.51. The monoisotopic (exact) mass is 361 g/mol. The highest BCUT2D eigenvalue weighted by atomic mass is 16.4. The number of carboxylic acids is 1. The highest BCUT2D eigenvalue weighted by Crippen LogP contribution is 2.19. The molecule has 1 aliphatic rings. The van der Waals surface area contributed by atoms with Crippen molar-refractivity contribution in [1.82, 2.24) is 10.2 Å². The molecule has 0 aromatic heterocycles. The van der Waals surface area contributed by atoms with Crippen molar-refractivity contribution >= 4 is 23.6 Å². The Kier molecular flexibility index (Phi) is 7.00. The van der Waals surface area contributed by atoms with E-state index in [1.807, 2.05) is 25.1 Å². The van der Waals surface area contributed by atoms with E-state index in [2.05, 4.69) is 10.6 Å². The number of benzene rings is 1. The van der Waals surface area contributed by atoms with E-state index in [1.54, 1.807) is 24.0 Å². The number of para-hydroxylation sites is 1. The van der Waals surface area contributed by atoms with Crippen LogP contribution in [0.5, 0.6) is 0 Å². The van der Waals surface area contributed by atoms with Gasteiger partial charge in [0.2, 0.25) is 5.91 Å². The minimum atomic E-state index is -1.03. The molecule has 0 spiro atoms. The number of likely N-dealkylation sites (tertiary alicyclic amines) is 1. The van der Waals surface area contributed by atoms with Crippen molar-refractivity contribution < 1.29 is 19.5 Å². The van der Waals surface area contributed by atoms with Gasteiger partial charge in [0.1, 0.15) is 6.04 Å². The first-order valence-corrected chi connectivity index (χ1v) is 9.06. The zero-order chi connectivity index (χ0) is 19.1. The van der Waals surface area contributed by atoms with Crippen LogP contribution >= 0.6 is 0 Å². The Balaban J connectivity index is 1.95. The molecule has 3 atom stereocenters. The van der Waals surface area contributed by atoms with Crippen LogP contribution in [0.4, 0.5) is 10.5 Å². The molecular formula is C19H27N3O4. The molecule has 0 saturated carbocycles. The Bertz CT molecular complexity index is 635. The summed E-state index contributed by atoms with van der Waals surface area (Å²) in [6.07, 6.45) is 2.02. The average molecular weight is 361 g/mol. The van der Waals surface area contributed by atoms with Gasteiger partial charge in [0.15, 0.2) is 0 Å². The van der Waals surface area contributed by atoms with Gasteiger partial charge in [-0.1, -0.05) is 38.5 Å². The molecule has 1 saturated heterocycles. The molecule has 3 amide bonds. The molecule has 1 fully saturated rings. The molecule has 0 radical (unpaired) electrons. The van der Waals surface area contributed by atoms with Gasteiger partial charge < -0.3 is 20.6 Å². The zero-order valence-electron chi connectivity index (χ0n) is 15.3. The topological polar surface area (TPSA) is 98.7 Å². The second-order valence-corrected chi connectivity index (χ2v) is 6.79. The molecule has 2 rings (SSSR count). The van der Waals surface area contributed by atoms with E-state index >= 15 is 0 Å². The molecule has 1 aromatic rings. The number of rotatable bonds is 6. The molecule has 3 unspecified atom stereocenters. The number of anilines is 1. The number of carbonyl (C=O) groups is 3. The molecule has 7 nitrogen and oxygen atoms in total. The fraction of sp³-hybridized carbons (Fsp3) is 0.526. The summed E-state index contributed by atoms with van der Waals surface area (Å²) in [5.74, 6) is -1.87. The summed E-state index contributed by atoms with van der Waals surface area (Å²) in [5.41, 5.74) is 0.701. The summed E-state index contributed by atoms with van der Waals surface area (Å²) in [6, 6.07) is 8.00. The Hall–Kier alpha value is -2.57. The van der Waals surface area contributed by atoms with Crippen LogP contribution in [0.2, 0.25) is 0 Å².